The molecule has 21 heavy (non-hydrogen) atoms. The lowest BCUT2D eigenvalue weighted by Crippen LogP contribution is -2.38. The Morgan fingerprint density at radius 1 is 1.19 bits per heavy atom. The molecule has 5 nitrogen and oxygen atoms in total. The van der Waals surface area contributed by atoms with E-state index in [9.17, 15) is 9.59 Å². The first kappa shape index (κ1) is 14.8. The minimum Gasteiger partial charge on any atom is -0.459 e. The van der Waals surface area contributed by atoms with Crippen LogP contribution in [-0.2, 0) is 4.79 Å². The Hall–Kier alpha value is -2.56. The molecule has 1 heterocycles. The molecule has 0 aliphatic heterocycles. The fourth-order valence-electron chi connectivity index (χ4n) is 2.10. The second-order valence-electron chi connectivity index (χ2n) is 4.81. The van der Waals surface area contributed by atoms with Gasteiger partial charge in [-0.05, 0) is 37.1 Å². The quantitative estimate of drug-likeness (QED) is 0.885. The Balaban J connectivity index is 1.85. The number of amides is 2. The molecule has 0 radical (unpaired) electrons. The Kier molecular flexibility index (Phi) is 4.77. The smallest absolute Gasteiger partial charge is 0.287 e. The van der Waals surface area contributed by atoms with Crippen molar-refractivity contribution in [3.63, 3.8) is 0 Å². The molecular weight excluding hydrogens is 268 g/mol. The van der Waals surface area contributed by atoms with E-state index < -0.39 is 5.91 Å². The zero-order valence-corrected chi connectivity index (χ0v) is 12.1. The van der Waals surface area contributed by atoms with Crippen molar-refractivity contribution in [1.29, 1.82) is 0 Å². The number of hydrogen-bond donors (Lipinski definition) is 2. The molecule has 110 valence electrons. The first-order chi connectivity index (χ1) is 10.1. The van der Waals surface area contributed by atoms with Crippen LogP contribution in [0.1, 0.15) is 34.6 Å². The Bertz CT molecular complexity index is 620. The van der Waals surface area contributed by atoms with Crippen LogP contribution >= 0.6 is 0 Å². The molecule has 0 unspecified atom stereocenters. The summed E-state index contributed by atoms with van der Waals surface area (Å²) >= 11 is 0. The maximum Gasteiger partial charge on any atom is 0.287 e. The summed E-state index contributed by atoms with van der Waals surface area (Å²) in [5.41, 5.74) is 2.17. The molecule has 1 atom stereocenters. The lowest BCUT2D eigenvalue weighted by molar-refractivity contribution is -0.120. The predicted octanol–water partition coefficient (Wildman–Crippen LogP) is 2.20. The zero-order valence-electron chi connectivity index (χ0n) is 12.1. The summed E-state index contributed by atoms with van der Waals surface area (Å²) in [6.07, 6.45) is 1.41. The SMILES string of the molecule is Cc1ccccc1[C@@H](C)NC(=O)CNC(=O)c1ccco1. The third-order valence-corrected chi connectivity index (χ3v) is 3.19. The van der Waals surface area contributed by atoms with Gasteiger partial charge in [-0.25, -0.2) is 0 Å². The lowest BCUT2D eigenvalue weighted by Gasteiger charge is -2.16. The number of carbonyl (C=O) groups is 2. The van der Waals surface area contributed by atoms with Crippen molar-refractivity contribution in [1.82, 2.24) is 10.6 Å². The van der Waals surface area contributed by atoms with Crippen LogP contribution in [0.25, 0.3) is 0 Å². The number of carbonyl (C=O) groups excluding carboxylic acids is 2. The monoisotopic (exact) mass is 286 g/mol. The summed E-state index contributed by atoms with van der Waals surface area (Å²) in [5.74, 6) is -0.459. The van der Waals surface area contributed by atoms with Gasteiger partial charge in [0.2, 0.25) is 5.91 Å². The number of furan rings is 1. The van der Waals surface area contributed by atoms with E-state index >= 15 is 0 Å². The van der Waals surface area contributed by atoms with Crippen molar-refractivity contribution in [2.24, 2.45) is 0 Å². The van der Waals surface area contributed by atoms with Crippen LogP contribution in [0.15, 0.2) is 47.1 Å². The van der Waals surface area contributed by atoms with Crippen LogP contribution in [-0.4, -0.2) is 18.4 Å². The van der Waals surface area contributed by atoms with Crippen LogP contribution in [0.2, 0.25) is 0 Å². The van der Waals surface area contributed by atoms with Crippen LogP contribution in [0.4, 0.5) is 0 Å². The molecule has 5 heteroatoms. The summed E-state index contributed by atoms with van der Waals surface area (Å²) in [4.78, 5) is 23.5. The van der Waals surface area contributed by atoms with Crippen LogP contribution in [0.3, 0.4) is 0 Å². The summed E-state index contributed by atoms with van der Waals surface area (Å²) in [5, 5.41) is 5.36. The van der Waals surface area contributed by atoms with Crippen molar-refractivity contribution in [2.75, 3.05) is 6.54 Å². The Labute approximate surface area is 123 Å². The van der Waals surface area contributed by atoms with E-state index in [4.69, 9.17) is 4.42 Å². The summed E-state index contributed by atoms with van der Waals surface area (Å²) < 4.78 is 4.95. The maximum absolute atomic E-state index is 11.9. The van der Waals surface area contributed by atoms with Crippen molar-refractivity contribution in [2.45, 2.75) is 19.9 Å². The Morgan fingerprint density at radius 2 is 1.95 bits per heavy atom. The third-order valence-electron chi connectivity index (χ3n) is 3.19. The molecule has 0 aliphatic rings. The van der Waals surface area contributed by atoms with E-state index in [-0.39, 0.29) is 24.3 Å². The van der Waals surface area contributed by atoms with Gasteiger partial charge in [-0.3, -0.25) is 9.59 Å². The predicted molar refractivity (Wildman–Crippen MR) is 78.8 cm³/mol. The fourth-order valence-corrected chi connectivity index (χ4v) is 2.10. The number of nitrogens with one attached hydrogen (secondary N) is 2. The van der Waals surface area contributed by atoms with Gasteiger partial charge in [0, 0.05) is 0 Å². The van der Waals surface area contributed by atoms with Crippen molar-refractivity contribution >= 4 is 11.8 Å². The molecule has 0 fully saturated rings. The second kappa shape index (κ2) is 6.74. The standard InChI is InChI=1S/C16H18N2O3/c1-11-6-3-4-7-13(11)12(2)18-15(19)10-17-16(20)14-8-5-9-21-14/h3-9,12H,10H2,1-2H3,(H,17,20)(H,18,19)/t12-/m1/s1. The topological polar surface area (TPSA) is 71.3 Å². The van der Waals surface area contributed by atoms with E-state index in [2.05, 4.69) is 10.6 Å². The normalized spacial score (nSPS) is 11.7. The molecule has 2 rings (SSSR count). The van der Waals surface area contributed by atoms with Gasteiger partial charge in [0.15, 0.2) is 5.76 Å². The van der Waals surface area contributed by atoms with E-state index in [1.165, 1.54) is 6.26 Å². The van der Waals surface area contributed by atoms with Gasteiger partial charge in [-0.2, -0.15) is 0 Å². The molecule has 2 N–H and O–H groups in total. The van der Waals surface area contributed by atoms with Gasteiger partial charge in [0.05, 0.1) is 18.8 Å². The lowest BCUT2D eigenvalue weighted by atomic mass is 10.0. The van der Waals surface area contributed by atoms with E-state index in [1.807, 2.05) is 38.1 Å². The Morgan fingerprint density at radius 3 is 2.62 bits per heavy atom. The van der Waals surface area contributed by atoms with E-state index in [0.29, 0.717) is 0 Å². The van der Waals surface area contributed by atoms with Crippen molar-refractivity contribution < 1.29 is 14.0 Å². The minimum atomic E-state index is -0.404. The molecule has 0 saturated heterocycles. The number of hydrogen-bond acceptors (Lipinski definition) is 3. The summed E-state index contributed by atoms with van der Waals surface area (Å²) in [6.45, 7) is 3.82. The first-order valence-electron chi connectivity index (χ1n) is 6.74. The zero-order chi connectivity index (χ0) is 15.2. The molecular formula is C16H18N2O3. The van der Waals surface area contributed by atoms with E-state index in [0.717, 1.165) is 11.1 Å². The average molecular weight is 286 g/mol. The van der Waals surface area contributed by atoms with Gasteiger partial charge >= 0.3 is 0 Å². The van der Waals surface area contributed by atoms with Gasteiger partial charge in [-0.15, -0.1) is 0 Å². The van der Waals surface area contributed by atoms with Crippen LogP contribution in [0, 0.1) is 6.92 Å². The first-order valence-corrected chi connectivity index (χ1v) is 6.74. The second-order valence-corrected chi connectivity index (χ2v) is 4.81. The van der Waals surface area contributed by atoms with Crippen molar-refractivity contribution in [3.05, 3.63) is 59.5 Å². The number of rotatable bonds is 5. The molecule has 0 spiro atoms. The largest absolute Gasteiger partial charge is 0.459 e. The van der Waals surface area contributed by atoms with Crippen LogP contribution < -0.4 is 10.6 Å². The number of aryl methyl sites for hydroxylation is 1. The molecule has 0 bridgehead atoms. The maximum atomic E-state index is 11.9. The summed E-state index contributed by atoms with van der Waals surface area (Å²) in [6, 6.07) is 10.9. The highest BCUT2D eigenvalue weighted by atomic mass is 16.3. The summed E-state index contributed by atoms with van der Waals surface area (Å²) in [7, 11) is 0. The molecule has 2 amide bonds. The molecule has 0 aliphatic carbocycles. The average Bonchev–Trinajstić information content (AvgIpc) is 2.99. The fraction of sp³-hybridized carbons (Fsp3) is 0.250. The highest BCUT2D eigenvalue weighted by Crippen LogP contribution is 2.16. The van der Waals surface area contributed by atoms with Crippen molar-refractivity contribution in [3.8, 4) is 0 Å². The van der Waals surface area contributed by atoms with Gasteiger partial charge in [-0.1, -0.05) is 24.3 Å². The van der Waals surface area contributed by atoms with Crippen LogP contribution in [0.5, 0.6) is 0 Å². The van der Waals surface area contributed by atoms with Gasteiger partial charge < -0.3 is 15.1 Å². The molecule has 1 aromatic carbocycles. The highest BCUT2D eigenvalue weighted by Gasteiger charge is 2.13. The van der Waals surface area contributed by atoms with Gasteiger partial charge in [0.25, 0.3) is 5.91 Å². The van der Waals surface area contributed by atoms with Gasteiger partial charge in [0.1, 0.15) is 0 Å². The number of benzene rings is 1. The molecule has 0 saturated carbocycles. The van der Waals surface area contributed by atoms with E-state index in [1.54, 1.807) is 12.1 Å². The highest BCUT2D eigenvalue weighted by molar-refractivity contribution is 5.94. The third kappa shape index (κ3) is 3.95. The minimum absolute atomic E-state index is 0.0875. The molecule has 1 aromatic heterocycles. The molecule has 2 aromatic rings.